The van der Waals surface area contributed by atoms with Gasteiger partial charge in [-0.15, -0.1) is 0 Å². The summed E-state index contributed by atoms with van der Waals surface area (Å²) in [4.78, 5) is 23.2. The average molecular weight is 713 g/mol. The summed E-state index contributed by atoms with van der Waals surface area (Å²) < 4.78 is 39.7. The van der Waals surface area contributed by atoms with Gasteiger partial charge in [0, 0.05) is 63.6 Å². The predicted molar refractivity (Wildman–Crippen MR) is 186 cm³/mol. The number of rotatable bonds is 19. The largest absolute Gasteiger partial charge is 0.496 e. The van der Waals surface area contributed by atoms with Crippen molar-refractivity contribution in [3.05, 3.63) is 72.3 Å². The second kappa shape index (κ2) is 19.8. The van der Waals surface area contributed by atoms with Crippen molar-refractivity contribution < 1.29 is 53.2 Å². The molecule has 0 radical (unpaired) electrons. The molecule has 0 unspecified atom stereocenters. The summed E-state index contributed by atoms with van der Waals surface area (Å²) in [6, 6.07) is 21.2. The maximum atomic E-state index is 12.8. The molecule has 1 fully saturated rings. The van der Waals surface area contributed by atoms with E-state index in [1.165, 1.54) is 0 Å². The summed E-state index contributed by atoms with van der Waals surface area (Å²) in [5.74, 6) is 3.05. The lowest BCUT2D eigenvalue weighted by Gasteiger charge is -2.42. The van der Waals surface area contributed by atoms with Gasteiger partial charge in [0.05, 0.1) is 50.6 Å². The highest BCUT2D eigenvalue weighted by atomic mass is 17.1. The van der Waals surface area contributed by atoms with Gasteiger partial charge in [0.1, 0.15) is 36.2 Å². The molecule has 1 atom stereocenters. The quantitative estimate of drug-likeness (QED) is 0.102. The lowest BCUT2D eigenvalue weighted by molar-refractivity contribution is -0.503. The zero-order valence-corrected chi connectivity index (χ0v) is 29.2. The minimum Gasteiger partial charge on any atom is -0.496 e. The van der Waals surface area contributed by atoms with Crippen LogP contribution in [0.2, 0.25) is 0 Å². The summed E-state index contributed by atoms with van der Waals surface area (Å²) in [5.41, 5.74) is 2.93. The van der Waals surface area contributed by atoms with Crippen molar-refractivity contribution in [2.75, 3.05) is 96.6 Å². The highest BCUT2D eigenvalue weighted by molar-refractivity contribution is 5.68. The van der Waals surface area contributed by atoms with Crippen LogP contribution in [-0.2, 0) is 25.7 Å². The van der Waals surface area contributed by atoms with Gasteiger partial charge in [-0.3, -0.25) is 10.4 Å². The van der Waals surface area contributed by atoms with E-state index in [2.05, 4.69) is 14.6 Å². The maximum absolute atomic E-state index is 12.8. The molecule has 1 saturated heterocycles. The van der Waals surface area contributed by atoms with E-state index in [1.807, 2.05) is 66.7 Å². The van der Waals surface area contributed by atoms with Crippen molar-refractivity contribution in [1.82, 2.24) is 10.3 Å². The fraction of sp³-hybridized carbons (Fsp3) is 0.472. The molecule has 15 heteroatoms. The molecule has 1 amide bonds. The lowest BCUT2D eigenvalue weighted by atomic mass is 10.1. The van der Waals surface area contributed by atoms with Crippen LogP contribution in [0.5, 0.6) is 23.0 Å². The number of para-hydroxylation sites is 1. The molecule has 278 valence electrons. The lowest BCUT2D eigenvalue weighted by Crippen LogP contribution is -2.57. The van der Waals surface area contributed by atoms with E-state index in [-0.39, 0.29) is 12.6 Å². The van der Waals surface area contributed by atoms with Crippen molar-refractivity contribution in [2.24, 2.45) is 0 Å². The number of ether oxygens (including phenoxy) is 7. The highest BCUT2D eigenvalue weighted by Gasteiger charge is 2.32. The molecule has 3 aromatic carbocycles. The fourth-order valence-electron chi connectivity index (χ4n) is 5.97. The van der Waals surface area contributed by atoms with Gasteiger partial charge in [0.2, 0.25) is 6.79 Å². The number of methoxy groups -OCH3 is 2. The van der Waals surface area contributed by atoms with Crippen LogP contribution in [0.3, 0.4) is 0 Å². The first-order chi connectivity index (χ1) is 24.9. The van der Waals surface area contributed by atoms with Crippen LogP contribution >= 0.6 is 0 Å². The van der Waals surface area contributed by atoms with Crippen LogP contribution in [0.15, 0.2) is 66.7 Å². The number of fused-ring (bicyclic) bond motifs is 1. The van der Waals surface area contributed by atoms with Crippen LogP contribution in [0, 0.1) is 0 Å². The van der Waals surface area contributed by atoms with Crippen LogP contribution < -0.4 is 28.7 Å². The maximum Gasteiger partial charge on any atom is 0.412 e. The van der Waals surface area contributed by atoms with Gasteiger partial charge in [-0.2, -0.15) is 0 Å². The van der Waals surface area contributed by atoms with Crippen molar-refractivity contribution in [3.8, 4) is 23.0 Å². The molecule has 2 aliphatic rings. The Bertz CT molecular complexity index is 1500. The molecular formula is C36H48N4O11. The van der Waals surface area contributed by atoms with Crippen molar-refractivity contribution in [2.45, 2.75) is 25.5 Å². The number of hydrogen-bond acceptors (Lipinski definition) is 14. The molecular weight excluding hydrogens is 664 g/mol. The Balaban J connectivity index is 1.18. The second-order valence-corrected chi connectivity index (χ2v) is 11.9. The molecule has 15 nitrogen and oxygen atoms in total. The zero-order chi connectivity index (χ0) is 35.8. The van der Waals surface area contributed by atoms with Gasteiger partial charge in [-0.25, -0.2) is 9.63 Å². The minimum atomic E-state index is -0.652. The number of benzene rings is 3. The van der Waals surface area contributed by atoms with E-state index in [4.69, 9.17) is 43.6 Å². The van der Waals surface area contributed by atoms with E-state index in [1.54, 1.807) is 19.1 Å². The first kappa shape index (κ1) is 37.7. The molecule has 51 heavy (non-hydrogen) atoms. The third-order valence-electron chi connectivity index (χ3n) is 8.52. The van der Waals surface area contributed by atoms with E-state index in [0.29, 0.717) is 58.4 Å². The Morgan fingerprint density at radius 3 is 2.55 bits per heavy atom. The molecule has 5 rings (SSSR count). The number of carbonyl (C=O) groups excluding carboxylic acids is 1. The Morgan fingerprint density at radius 2 is 1.75 bits per heavy atom. The first-order valence-electron chi connectivity index (χ1n) is 17.0. The summed E-state index contributed by atoms with van der Waals surface area (Å²) in [6.07, 6.45) is 0.982. The molecule has 2 N–H and O–H groups in total. The van der Waals surface area contributed by atoms with Gasteiger partial charge in [0.25, 0.3) is 0 Å². The highest BCUT2D eigenvalue weighted by Crippen LogP contribution is 2.35. The smallest absolute Gasteiger partial charge is 0.412 e. The SMILES string of the molecule is COCCCN1CCOc2ccc(OC[C@H]3CN(C(=O)OCON(O)O)CCN3c3ccc(OCCCOCc4ccccc4OC)cc3)cc21. The Hall–Kier alpha value is -4.51. The van der Waals surface area contributed by atoms with Gasteiger partial charge >= 0.3 is 6.09 Å². The topological polar surface area (TPSA) is 144 Å². The standard InChI is InChI=1S/C36H48N4O11/c1-44-19-5-15-37-18-22-48-35-14-13-32(23-33(35)37)49-26-30-24-38(36(41)50-27-51-40(42)43)16-17-39(30)29-9-11-31(12-10-29)47-21-6-20-46-25-28-7-3-4-8-34(28)45-2/h3-4,7-14,23,30,42-43H,5-6,15-22,24-27H2,1-2H3/t30-/m1/s1. The molecule has 0 spiro atoms. The number of carbonyl (C=O) groups is 1. The third-order valence-corrected chi connectivity index (χ3v) is 8.52. The van der Waals surface area contributed by atoms with E-state index < -0.39 is 18.3 Å². The number of nitrogens with zero attached hydrogens (tertiary/aromatic N) is 4. The Morgan fingerprint density at radius 1 is 0.922 bits per heavy atom. The molecule has 2 heterocycles. The number of anilines is 2. The predicted octanol–water partition coefficient (Wildman–Crippen LogP) is 4.59. The van der Waals surface area contributed by atoms with Crippen LogP contribution in [0.4, 0.5) is 16.2 Å². The molecule has 0 bridgehead atoms. The summed E-state index contributed by atoms with van der Waals surface area (Å²) >= 11 is 0. The molecule has 0 saturated carbocycles. The number of amides is 1. The molecule has 0 aliphatic carbocycles. The van der Waals surface area contributed by atoms with Gasteiger partial charge in [0.15, 0.2) is 0 Å². The molecule has 3 aromatic rings. The van der Waals surface area contributed by atoms with Crippen molar-refractivity contribution in [1.29, 1.82) is 0 Å². The Labute approximate surface area is 298 Å². The van der Waals surface area contributed by atoms with Crippen LogP contribution in [0.1, 0.15) is 18.4 Å². The van der Waals surface area contributed by atoms with E-state index >= 15 is 0 Å². The van der Waals surface area contributed by atoms with Gasteiger partial charge < -0.3 is 47.9 Å². The van der Waals surface area contributed by atoms with E-state index in [0.717, 1.165) is 60.1 Å². The minimum absolute atomic E-state index is 0.239. The van der Waals surface area contributed by atoms with Crippen LogP contribution in [0.25, 0.3) is 0 Å². The van der Waals surface area contributed by atoms with Gasteiger partial charge in [-0.1, -0.05) is 18.2 Å². The summed E-state index contributed by atoms with van der Waals surface area (Å²) in [5, 5.41) is 17.0. The second-order valence-electron chi connectivity index (χ2n) is 11.9. The van der Waals surface area contributed by atoms with Crippen molar-refractivity contribution >= 4 is 17.5 Å². The third kappa shape index (κ3) is 11.2. The van der Waals surface area contributed by atoms with Crippen molar-refractivity contribution in [3.63, 3.8) is 0 Å². The average Bonchev–Trinajstić information content (AvgIpc) is 3.15. The summed E-state index contributed by atoms with van der Waals surface area (Å²) in [7, 11) is 3.35. The normalized spacial score (nSPS) is 15.7. The number of hydrogen-bond donors (Lipinski definition) is 2. The van der Waals surface area contributed by atoms with Gasteiger partial charge in [-0.05, 0) is 48.9 Å². The van der Waals surface area contributed by atoms with Crippen LogP contribution in [-0.4, -0.2) is 120 Å². The van der Waals surface area contributed by atoms with E-state index in [9.17, 15) is 4.79 Å². The molecule has 0 aromatic heterocycles. The molecule has 2 aliphatic heterocycles. The zero-order valence-electron chi connectivity index (χ0n) is 29.2. The number of piperazine rings is 1. The first-order valence-corrected chi connectivity index (χ1v) is 17.0. The summed E-state index contributed by atoms with van der Waals surface area (Å²) in [6.45, 7) is 5.24. The monoisotopic (exact) mass is 712 g/mol. The fourth-order valence-corrected chi connectivity index (χ4v) is 5.97. The Kier molecular flexibility index (Phi) is 14.6.